The fourth-order valence-electron chi connectivity index (χ4n) is 2.94. The van der Waals surface area contributed by atoms with Gasteiger partial charge in [0.25, 0.3) is 5.91 Å². The number of aromatic nitrogens is 6. The lowest BCUT2D eigenvalue weighted by molar-refractivity contribution is -0.394. The first-order chi connectivity index (χ1) is 14.5. The molecule has 0 aliphatic heterocycles. The molecule has 0 fully saturated rings. The molecule has 1 N–H and O–H groups in total. The lowest BCUT2D eigenvalue weighted by Crippen LogP contribution is -2.27. The van der Waals surface area contributed by atoms with Crippen molar-refractivity contribution in [1.82, 2.24) is 34.4 Å². The van der Waals surface area contributed by atoms with Gasteiger partial charge in [-0.25, -0.2) is 4.68 Å². The van der Waals surface area contributed by atoms with Crippen LogP contribution in [-0.2, 0) is 6.67 Å². The van der Waals surface area contributed by atoms with Crippen LogP contribution in [0.5, 0.6) is 0 Å². The Balaban J connectivity index is 1.38. The Labute approximate surface area is 170 Å². The second kappa shape index (κ2) is 7.99. The molecule has 11 heteroatoms. The number of nitrogens with one attached hydrogen (secondary N) is 1. The Morgan fingerprint density at radius 3 is 2.50 bits per heavy atom. The van der Waals surface area contributed by atoms with Crippen LogP contribution < -0.4 is 5.32 Å². The lowest BCUT2D eigenvalue weighted by Gasteiger charge is -2.14. The number of nitro groups is 1. The van der Waals surface area contributed by atoms with Gasteiger partial charge in [-0.3, -0.25) is 4.79 Å². The Bertz CT molecular complexity index is 1160. The molecule has 0 aliphatic rings. The number of hydrogen-bond donors (Lipinski definition) is 1. The minimum absolute atomic E-state index is 0.102. The summed E-state index contributed by atoms with van der Waals surface area (Å²) in [7, 11) is 0. The second-order valence-electron chi connectivity index (χ2n) is 6.60. The summed E-state index contributed by atoms with van der Waals surface area (Å²) in [6, 6.07) is 13.2. The quantitative estimate of drug-likeness (QED) is 0.370. The van der Waals surface area contributed by atoms with E-state index in [0.717, 1.165) is 11.3 Å². The molecule has 1 aromatic carbocycles. The third-order valence-electron chi connectivity index (χ3n) is 4.49. The summed E-state index contributed by atoms with van der Waals surface area (Å²) in [6.45, 7) is 2.00. The fourth-order valence-corrected chi connectivity index (χ4v) is 2.94. The molecule has 1 amide bonds. The Morgan fingerprint density at radius 2 is 1.83 bits per heavy atom. The zero-order valence-corrected chi connectivity index (χ0v) is 16.0. The molecule has 4 aromatic rings. The van der Waals surface area contributed by atoms with E-state index in [-0.39, 0.29) is 24.3 Å². The van der Waals surface area contributed by atoms with Crippen LogP contribution in [0.15, 0.2) is 67.4 Å². The van der Waals surface area contributed by atoms with Gasteiger partial charge in [0.2, 0.25) is 6.33 Å². The smallest absolute Gasteiger partial charge is 0.390 e. The van der Waals surface area contributed by atoms with Crippen LogP contribution in [0, 0.1) is 10.1 Å². The van der Waals surface area contributed by atoms with Crippen LogP contribution in [0.2, 0.25) is 0 Å². The van der Waals surface area contributed by atoms with E-state index in [1.165, 1.54) is 15.7 Å². The summed E-state index contributed by atoms with van der Waals surface area (Å²) < 4.78 is 4.72. The highest BCUT2D eigenvalue weighted by Crippen LogP contribution is 2.16. The molecule has 1 atom stereocenters. The molecule has 1 unspecified atom stereocenters. The molecule has 11 nitrogen and oxygen atoms in total. The van der Waals surface area contributed by atoms with Crippen LogP contribution >= 0.6 is 0 Å². The molecule has 152 valence electrons. The van der Waals surface area contributed by atoms with Crippen LogP contribution in [-0.4, -0.2) is 39.9 Å². The summed E-state index contributed by atoms with van der Waals surface area (Å²) in [5, 5.41) is 21.5. The van der Waals surface area contributed by atoms with Crippen LogP contribution in [0.3, 0.4) is 0 Å². The van der Waals surface area contributed by atoms with Gasteiger partial charge in [-0.2, -0.15) is 9.78 Å². The van der Waals surface area contributed by atoms with Gasteiger partial charge < -0.3 is 20.0 Å². The van der Waals surface area contributed by atoms with Crippen molar-refractivity contribution in [2.45, 2.75) is 19.6 Å². The second-order valence-corrected chi connectivity index (χ2v) is 6.60. The van der Waals surface area contributed by atoms with Gasteiger partial charge in [0.05, 0.1) is 6.04 Å². The Hall–Kier alpha value is -4.28. The number of carbonyl (C=O) groups is 1. The van der Waals surface area contributed by atoms with E-state index in [2.05, 4.69) is 20.5 Å². The first kappa shape index (κ1) is 19.1. The van der Waals surface area contributed by atoms with E-state index in [4.69, 9.17) is 0 Å². The average Bonchev–Trinajstić information content (AvgIpc) is 3.50. The number of hydrogen-bond acceptors (Lipinski definition) is 6. The van der Waals surface area contributed by atoms with Crippen molar-refractivity contribution in [2.24, 2.45) is 0 Å². The first-order valence-electron chi connectivity index (χ1n) is 9.11. The van der Waals surface area contributed by atoms with Crippen molar-refractivity contribution in [3.8, 4) is 5.69 Å². The standard InChI is InChI=1S/C19H18N8O3/c1-14(15-4-6-16(7-5-15)24-9-2-3-10-24)21-18(28)17-8-11-25(22-17)13-26-12-20-19(23-26)27(29)30/h2-12,14H,13H2,1H3,(H,21,28). The predicted molar refractivity (Wildman–Crippen MR) is 106 cm³/mol. The van der Waals surface area contributed by atoms with E-state index < -0.39 is 10.9 Å². The van der Waals surface area contributed by atoms with Crippen molar-refractivity contribution in [3.63, 3.8) is 0 Å². The van der Waals surface area contributed by atoms with Gasteiger partial charge in [0.15, 0.2) is 6.67 Å². The van der Waals surface area contributed by atoms with Gasteiger partial charge in [0, 0.05) is 29.4 Å². The summed E-state index contributed by atoms with van der Waals surface area (Å²) in [5.41, 5.74) is 2.24. The third kappa shape index (κ3) is 4.09. The summed E-state index contributed by atoms with van der Waals surface area (Å²) in [5.74, 6) is -0.808. The summed E-state index contributed by atoms with van der Waals surface area (Å²) in [4.78, 5) is 26.1. The molecule has 3 aromatic heterocycles. The maximum absolute atomic E-state index is 12.5. The molecular formula is C19H18N8O3. The maximum Gasteiger partial charge on any atom is 0.491 e. The SMILES string of the molecule is CC(NC(=O)c1ccn(Cn2cnc([N+](=O)[O-])n2)n1)c1ccc(-n2cccc2)cc1. The highest BCUT2D eigenvalue weighted by atomic mass is 16.6. The molecular weight excluding hydrogens is 388 g/mol. The predicted octanol–water partition coefficient (Wildman–Crippen LogP) is 2.17. The zero-order valence-electron chi connectivity index (χ0n) is 16.0. The maximum atomic E-state index is 12.5. The highest BCUT2D eigenvalue weighted by molar-refractivity contribution is 5.92. The highest BCUT2D eigenvalue weighted by Gasteiger charge is 2.16. The van der Waals surface area contributed by atoms with Crippen molar-refractivity contribution in [3.05, 3.63) is 88.8 Å². The molecule has 30 heavy (non-hydrogen) atoms. The molecule has 0 saturated carbocycles. The fraction of sp³-hybridized carbons (Fsp3) is 0.158. The molecule has 3 heterocycles. The Kier molecular flexibility index (Phi) is 5.08. The minimum Gasteiger partial charge on any atom is -0.390 e. The van der Waals surface area contributed by atoms with Gasteiger partial charge in [-0.05, 0) is 47.7 Å². The van der Waals surface area contributed by atoms with Crippen LogP contribution in [0.1, 0.15) is 29.0 Å². The number of rotatable bonds is 7. The summed E-state index contributed by atoms with van der Waals surface area (Å²) >= 11 is 0. The molecule has 0 spiro atoms. The topological polar surface area (TPSA) is 126 Å². The first-order valence-corrected chi connectivity index (χ1v) is 9.11. The third-order valence-corrected chi connectivity index (χ3v) is 4.49. The van der Waals surface area contributed by atoms with E-state index in [0.29, 0.717) is 0 Å². The van der Waals surface area contributed by atoms with E-state index in [1.807, 2.05) is 60.3 Å². The van der Waals surface area contributed by atoms with Gasteiger partial charge in [-0.15, -0.1) is 0 Å². The molecule has 4 rings (SSSR count). The van der Waals surface area contributed by atoms with Crippen LogP contribution in [0.25, 0.3) is 5.69 Å². The van der Waals surface area contributed by atoms with E-state index >= 15 is 0 Å². The minimum atomic E-state index is -0.676. The zero-order chi connectivity index (χ0) is 21.1. The van der Waals surface area contributed by atoms with Gasteiger partial charge in [-0.1, -0.05) is 17.1 Å². The van der Waals surface area contributed by atoms with Gasteiger partial charge >= 0.3 is 5.95 Å². The monoisotopic (exact) mass is 406 g/mol. The number of amides is 1. The lowest BCUT2D eigenvalue weighted by atomic mass is 10.1. The molecule has 0 saturated heterocycles. The number of benzene rings is 1. The van der Waals surface area contributed by atoms with E-state index in [1.54, 1.807) is 12.3 Å². The molecule has 0 radical (unpaired) electrons. The van der Waals surface area contributed by atoms with Gasteiger partial charge in [0.1, 0.15) is 5.69 Å². The van der Waals surface area contributed by atoms with E-state index in [9.17, 15) is 14.9 Å². The largest absolute Gasteiger partial charge is 0.491 e. The van der Waals surface area contributed by atoms with Crippen molar-refractivity contribution in [2.75, 3.05) is 0 Å². The normalized spacial score (nSPS) is 11.9. The summed E-state index contributed by atoms with van der Waals surface area (Å²) in [6.07, 6.45) is 6.76. The van der Waals surface area contributed by atoms with Crippen molar-refractivity contribution in [1.29, 1.82) is 0 Å². The number of nitrogens with zero attached hydrogens (tertiary/aromatic N) is 7. The molecule has 0 aliphatic carbocycles. The van der Waals surface area contributed by atoms with Crippen LogP contribution in [0.4, 0.5) is 5.95 Å². The average molecular weight is 406 g/mol. The number of carbonyl (C=O) groups excluding carboxylic acids is 1. The Morgan fingerprint density at radius 1 is 1.10 bits per heavy atom. The molecule has 0 bridgehead atoms. The van der Waals surface area contributed by atoms with Crippen molar-refractivity contribution >= 4 is 11.9 Å². The van der Waals surface area contributed by atoms with Crippen molar-refractivity contribution < 1.29 is 9.72 Å².